The van der Waals surface area contributed by atoms with Crippen LogP contribution in [0.4, 0.5) is 0 Å². The van der Waals surface area contributed by atoms with E-state index in [1.807, 2.05) is 67.6 Å². The van der Waals surface area contributed by atoms with Gasteiger partial charge in [0.05, 0.1) is 6.61 Å². The molecule has 0 heterocycles. The van der Waals surface area contributed by atoms with Crippen molar-refractivity contribution in [1.82, 2.24) is 5.32 Å². The fraction of sp³-hybridized carbons (Fsp3) is 0.240. The van der Waals surface area contributed by atoms with Crippen LogP contribution in [-0.2, 0) is 12.2 Å². The van der Waals surface area contributed by atoms with Gasteiger partial charge in [0, 0.05) is 22.8 Å². The standard InChI is InChI=1S/C25H27NO2S/c1-2-28-24-13-7-6-9-21(24)10-8-18-26-25(27)22-16-14-20(15-17-22)19-29-23-11-4-3-5-12-23/h3-7,9,11-17H,2,8,10,18-19H2,1H3,(H,26,27). The Hall–Kier alpha value is -2.72. The van der Waals surface area contributed by atoms with Crippen molar-refractivity contribution in [3.63, 3.8) is 0 Å². The van der Waals surface area contributed by atoms with Crippen LogP contribution in [0.1, 0.15) is 34.8 Å². The first-order valence-electron chi connectivity index (χ1n) is 10.0. The van der Waals surface area contributed by atoms with Crippen LogP contribution in [0, 0.1) is 0 Å². The fourth-order valence-corrected chi connectivity index (χ4v) is 3.90. The molecule has 3 nitrogen and oxygen atoms in total. The number of ether oxygens (including phenoxy) is 1. The zero-order valence-corrected chi connectivity index (χ0v) is 17.6. The molecule has 0 aliphatic carbocycles. The first kappa shape index (κ1) is 21.0. The quantitative estimate of drug-likeness (QED) is 0.345. The molecule has 29 heavy (non-hydrogen) atoms. The topological polar surface area (TPSA) is 38.3 Å². The lowest BCUT2D eigenvalue weighted by Crippen LogP contribution is -2.24. The molecule has 1 amide bonds. The molecule has 0 unspecified atom stereocenters. The molecule has 0 atom stereocenters. The lowest BCUT2D eigenvalue weighted by atomic mass is 10.1. The van der Waals surface area contributed by atoms with Gasteiger partial charge in [-0.2, -0.15) is 0 Å². The maximum atomic E-state index is 12.4. The lowest BCUT2D eigenvalue weighted by Gasteiger charge is -2.10. The van der Waals surface area contributed by atoms with Gasteiger partial charge in [0.15, 0.2) is 0 Å². The van der Waals surface area contributed by atoms with Crippen molar-refractivity contribution in [1.29, 1.82) is 0 Å². The summed E-state index contributed by atoms with van der Waals surface area (Å²) in [4.78, 5) is 13.6. The number of para-hydroxylation sites is 1. The molecule has 0 aliphatic heterocycles. The van der Waals surface area contributed by atoms with Crippen molar-refractivity contribution in [3.05, 3.63) is 95.6 Å². The second-order valence-electron chi connectivity index (χ2n) is 6.70. The number of carbonyl (C=O) groups excluding carboxylic acids is 1. The Kier molecular flexibility index (Phi) is 8.20. The molecule has 0 aliphatic rings. The molecule has 3 aromatic rings. The highest BCUT2D eigenvalue weighted by Crippen LogP contribution is 2.22. The molecule has 0 fully saturated rings. The monoisotopic (exact) mass is 405 g/mol. The second-order valence-corrected chi connectivity index (χ2v) is 7.75. The number of hydrogen-bond acceptors (Lipinski definition) is 3. The number of hydrogen-bond donors (Lipinski definition) is 1. The maximum absolute atomic E-state index is 12.4. The van der Waals surface area contributed by atoms with Crippen LogP contribution < -0.4 is 10.1 Å². The lowest BCUT2D eigenvalue weighted by molar-refractivity contribution is 0.0953. The van der Waals surface area contributed by atoms with Crippen LogP contribution in [0.5, 0.6) is 5.75 Å². The van der Waals surface area contributed by atoms with Crippen LogP contribution in [0.15, 0.2) is 83.8 Å². The predicted molar refractivity (Wildman–Crippen MR) is 121 cm³/mol. The van der Waals surface area contributed by atoms with Crippen LogP contribution in [0.3, 0.4) is 0 Å². The largest absolute Gasteiger partial charge is 0.494 e. The molecular weight excluding hydrogens is 378 g/mol. The third-order valence-electron chi connectivity index (χ3n) is 4.55. The van der Waals surface area contributed by atoms with Crippen LogP contribution >= 0.6 is 11.8 Å². The molecule has 0 spiro atoms. The summed E-state index contributed by atoms with van der Waals surface area (Å²) >= 11 is 1.80. The van der Waals surface area contributed by atoms with E-state index in [-0.39, 0.29) is 5.91 Å². The van der Waals surface area contributed by atoms with Crippen LogP contribution in [-0.4, -0.2) is 19.1 Å². The third kappa shape index (κ3) is 6.68. The highest BCUT2D eigenvalue weighted by molar-refractivity contribution is 7.98. The Morgan fingerprint density at radius 2 is 1.66 bits per heavy atom. The van der Waals surface area contributed by atoms with E-state index in [2.05, 4.69) is 23.5 Å². The number of rotatable bonds is 10. The van der Waals surface area contributed by atoms with Crippen LogP contribution in [0.2, 0.25) is 0 Å². The first-order chi connectivity index (χ1) is 14.3. The number of thioether (sulfide) groups is 1. The minimum Gasteiger partial charge on any atom is -0.494 e. The normalized spacial score (nSPS) is 10.5. The highest BCUT2D eigenvalue weighted by Gasteiger charge is 2.06. The molecular formula is C25H27NO2S. The van der Waals surface area contributed by atoms with Crippen molar-refractivity contribution < 1.29 is 9.53 Å². The summed E-state index contributed by atoms with van der Waals surface area (Å²) in [6.07, 6.45) is 1.76. The average molecular weight is 406 g/mol. The van der Waals surface area contributed by atoms with Crippen molar-refractivity contribution in [2.45, 2.75) is 30.4 Å². The van der Waals surface area contributed by atoms with E-state index in [1.54, 1.807) is 11.8 Å². The third-order valence-corrected chi connectivity index (χ3v) is 5.63. The number of benzene rings is 3. The smallest absolute Gasteiger partial charge is 0.251 e. The Morgan fingerprint density at radius 3 is 2.41 bits per heavy atom. The number of carbonyl (C=O) groups is 1. The molecule has 150 valence electrons. The van der Waals surface area contributed by atoms with E-state index in [0.717, 1.165) is 24.3 Å². The van der Waals surface area contributed by atoms with Gasteiger partial charge in [-0.05, 0) is 61.2 Å². The molecule has 3 aromatic carbocycles. The van der Waals surface area contributed by atoms with E-state index in [1.165, 1.54) is 16.0 Å². The summed E-state index contributed by atoms with van der Waals surface area (Å²) in [6.45, 7) is 3.29. The molecule has 0 saturated carbocycles. The van der Waals surface area contributed by atoms with Crippen molar-refractivity contribution in [2.24, 2.45) is 0 Å². The van der Waals surface area contributed by atoms with Gasteiger partial charge >= 0.3 is 0 Å². The predicted octanol–water partition coefficient (Wildman–Crippen LogP) is 5.74. The van der Waals surface area contributed by atoms with Gasteiger partial charge in [-0.15, -0.1) is 11.8 Å². The van der Waals surface area contributed by atoms with Gasteiger partial charge in [0.25, 0.3) is 5.91 Å². The number of amides is 1. The zero-order valence-electron chi connectivity index (χ0n) is 16.8. The molecule has 0 radical (unpaired) electrons. The summed E-state index contributed by atoms with van der Waals surface area (Å²) < 4.78 is 5.65. The second kappa shape index (κ2) is 11.3. The minimum atomic E-state index is -0.0228. The van der Waals surface area contributed by atoms with Gasteiger partial charge in [-0.1, -0.05) is 48.5 Å². The maximum Gasteiger partial charge on any atom is 0.251 e. The van der Waals surface area contributed by atoms with E-state index in [9.17, 15) is 4.79 Å². The SMILES string of the molecule is CCOc1ccccc1CCCNC(=O)c1ccc(CSc2ccccc2)cc1. The van der Waals surface area contributed by atoms with Crippen molar-refractivity contribution >= 4 is 17.7 Å². The fourth-order valence-electron chi connectivity index (χ4n) is 3.03. The van der Waals surface area contributed by atoms with Gasteiger partial charge in [0.2, 0.25) is 0 Å². The van der Waals surface area contributed by atoms with E-state index < -0.39 is 0 Å². The summed E-state index contributed by atoms with van der Waals surface area (Å²) in [6, 6.07) is 26.3. The summed E-state index contributed by atoms with van der Waals surface area (Å²) in [7, 11) is 0. The Morgan fingerprint density at radius 1 is 0.931 bits per heavy atom. The molecule has 3 rings (SSSR count). The van der Waals surface area contributed by atoms with E-state index in [0.29, 0.717) is 18.7 Å². The highest BCUT2D eigenvalue weighted by atomic mass is 32.2. The van der Waals surface area contributed by atoms with E-state index in [4.69, 9.17) is 4.74 Å². The minimum absolute atomic E-state index is 0.0228. The molecule has 1 N–H and O–H groups in total. The summed E-state index contributed by atoms with van der Waals surface area (Å²) in [5.41, 5.74) is 3.10. The molecule has 0 aromatic heterocycles. The Balaban J connectivity index is 1.42. The van der Waals surface area contributed by atoms with Crippen molar-refractivity contribution in [3.8, 4) is 5.75 Å². The van der Waals surface area contributed by atoms with Crippen LogP contribution in [0.25, 0.3) is 0 Å². The number of nitrogens with one attached hydrogen (secondary N) is 1. The average Bonchev–Trinajstić information content (AvgIpc) is 2.77. The van der Waals surface area contributed by atoms with Gasteiger partial charge in [-0.25, -0.2) is 0 Å². The molecule has 4 heteroatoms. The number of aryl methyl sites for hydroxylation is 1. The van der Waals surface area contributed by atoms with Gasteiger partial charge in [0.1, 0.15) is 5.75 Å². The van der Waals surface area contributed by atoms with Gasteiger partial charge in [-0.3, -0.25) is 4.79 Å². The van der Waals surface area contributed by atoms with Crippen molar-refractivity contribution in [2.75, 3.05) is 13.2 Å². The van der Waals surface area contributed by atoms with E-state index >= 15 is 0 Å². The zero-order chi connectivity index (χ0) is 20.3. The van der Waals surface area contributed by atoms with Gasteiger partial charge < -0.3 is 10.1 Å². The molecule has 0 bridgehead atoms. The Labute approximate surface area is 177 Å². The Bertz CT molecular complexity index is 894. The first-order valence-corrected chi connectivity index (χ1v) is 11.0. The molecule has 0 saturated heterocycles. The summed E-state index contributed by atoms with van der Waals surface area (Å²) in [5.74, 6) is 1.81. The summed E-state index contributed by atoms with van der Waals surface area (Å²) in [5, 5.41) is 3.01.